The average molecular weight is 349 g/mol. The standard InChI is InChI=1S/C16H23N5O4/c1-2-18-16(24)20-13(9-17)15(23)19-11-3-5-12(6-4-11)21-7-8-25-10-14(21)22/h3-6,13H,2,7-10,17H2,1H3,(H,19,23)(H2,18,20,24)/t13-/m1/s1. The van der Waals surface area contributed by atoms with Crippen LogP contribution in [-0.4, -0.2) is 56.7 Å². The van der Waals surface area contributed by atoms with Gasteiger partial charge in [-0.1, -0.05) is 0 Å². The van der Waals surface area contributed by atoms with Crippen LogP contribution in [-0.2, 0) is 14.3 Å². The van der Waals surface area contributed by atoms with Crippen molar-refractivity contribution >= 4 is 29.2 Å². The maximum atomic E-state index is 12.2. The number of urea groups is 1. The van der Waals surface area contributed by atoms with Crippen LogP contribution in [0, 0.1) is 0 Å². The summed E-state index contributed by atoms with van der Waals surface area (Å²) in [6, 6.07) is 5.58. The molecule has 25 heavy (non-hydrogen) atoms. The van der Waals surface area contributed by atoms with Gasteiger partial charge in [-0.05, 0) is 31.2 Å². The molecule has 1 aromatic carbocycles. The van der Waals surface area contributed by atoms with Crippen LogP contribution >= 0.6 is 0 Å². The van der Waals surface area contributed by atoms with E-state index in [2.05, 4.69) is 16.0 Å². The summed E-state index contributed by atoms with van der Waals surface area (Å²) in [7, 11) is 0. The Kier molecular flexibility index (Phi) is 6.72. The molecule has 9 heteroatoms. The number of hydrogen-bond acceptors (Lipinski definition) is 5. The molecule has 0 aliphatic carbocycles. The fourth-order valence-corrected chi connectivity index (χ4v) is 2.35. The molecule has 0 aromatic heterocycles. The highest BCUT2D eigenvalue weighted by Crippen LogP contribution is 2.19. The highest BCUT2D eigenvalue weighted by atomic mass is 16.5. The Balaban J connectivity index is 1.96. The molecule has 136 valence electrons. The molecule has 5 N–H and O–H groups in total. The van der Waals surface area contributed by atoms with E-state index in [-0.39, 0.29) is 19.1 Å². The van der Waals surface area contributed by atoms with E-state index < -0.39 is 18.0 Å². The second kappa shape index (κ2) is 9.00. The van der Waals surface area contributed by atoms with Gasteiger partial charge in [-0.3, -0.25) is 9.59 Å². The Bertz CT molecular complexity index is 619. The number of carbonyl (C=O) groups excluding carboxylic acids is 3. The minimum Gasteiger partial charge on any atom is -0.370 e. The van der Waals surface area contributed by atoms with Gasteiger partial charge in [0.2, 0.25) is 5.91 Å². The molecule has 0 unspecified atom stereocenters. The first-order valence-electron chi connectivity index (χ1n) is 8.08. The molecular weight excluding hydrogens is 326 g/mol. The third kappa shape index (κ3) is 5.16. The number of morpholine rings is 1. The minimum absolute atomic E-state index is 0.0245. The average Bonchev–Trinajstić information content (AvgIpc) is 2.61. The maximum absolute atomic E-state index is 12.2. The number of hydrogen-bond donors (Lipinski definition) is 4. The Hall–Kier alpha value is -2.65. The number of nitrogens with zero attached hydrogens (tertiary/aromatic N) is 1. The predicted molar refractivity (Wildman–Crippen MR) is 93.3 cm³/mol. The lowest BCUT2D eigenvalue weighted by atomic mass is 10.2. The van der Waals surface area contributed by atoms with Crippen molar-refractivity contribution in [3.63, 3.8) is 0 Å². The van der Waals surface area contributed by atoms with Gasteiger partial charge in [-0.15, -0.1) is 0 Å². The van der Waals surface area contributed by atoms with Gasteiger partial charge in [0.15, 0.2) is 0 Å². The molecule has 1 heterocycles. The van der Waals surface area contributed by atoms with Crippen LogP contribution in [0.4, 0.5) is 16.2 Å². The van der Waals surface area contributed by atoms with Crippen molar-refractivity contribution in [1.82, 2.24) is 10.6 Å². The Labute approximate surface area is 145 Å². The van der Waals surface area contributed by atoms with Crippen molar-refractivity contribution in [2.75, 3.05) is 43.1 Å². The van der Waals surface area contributed by atoms with E-state index in [4.69, 9.17) is 10.5 Å². The molecule has 1 aliphatic rings. The number of ether oxygens (including phenoxy) is 1. The highest BCUT2D eigenvalue weighted by Gasteiger charge is 2.21. The second-order valence-electron chi connectivity index (χ2n) is 5.43. The molecule has 2 rings (SSSR count). The van der Waals surface area contributed by atoms with Gasteiger partial charge < -0.3 is 31.3 Å². The summed E-state index contributed by atoms with van der Waals surface area (Å²) in [5, 5.41) is 7.74. The molecular formula is C16H23N5O4. The van der Waals surface area contributed by atoms with Crippen molar-refractivity contribution in [3.05, 3.63) is 24.3 Å². The highest BCUT2D eigenvalue weighted by molar-refractivity contribution is 5.98. The first-order valence-corrected chi connectivity index (χ1v) is 8.08. The molecule has 1 atom stereocenters. The molecule has 0 radical (unpaired) electrons. The SMILES string of the molecule is CCNC(=O)N[C@H](CN)C(=O)Nc1ccc(N2CCOCC2=O)cc1. The number of rotatable bonds is 6. The van der Waals surface area contributed by atoms with Gasteiger partial charge >= 0.3 is 6.03 Å². The zero-order valence-corrected chi connectivity index (χ0v) is 14.1. The summed E-state index contributed by atoms with van der Waals surface area (Å²) in [5.74, 6) is -0.513. The molecule has 9 nitrogen and oxygen atoms in total. The zero-order valence-electron chi connectivity index (χ0n) is 14.1. The third-order valence-electron chi connectivity index (χ3n) is 3.63. The van der Waals surface area contributed by atoms with Gasteiger partial charge in [-0.2, -0.15) is 0 Å². The Morgan fingerprint density at radius 1 is 1.32 bits per heavy atom. The van der Waals surface area contributed by atoms with Gasteiger partial charge in [0, 0.05) is 31.0 Å². The number of amides is 4. The summed E-state index contributed by atoms with van der Waals surface area (Å²) in [6.45, 7) is 3.26. The van der Waals surface area contributed by atoms with Crippen molar-refractivity contribution in [3.8, 4) is 0 Å². The summed E-state index contributed by atoms with van der Waals surface area (Å²) >= 11 is 0. The summed E-state index contributed by atoms with van der Waals surface area (Å²) in [6.07, 6.45) is 0. The normalized spacial score (nSPS) is 15.4. The second-order valence-corrected chi connectivity index (χ2v) is 5.43. The van der Waals surface area contributed by atoms with Gasteiger partial charge in [-0.25, -0.2) is 4.79 Å². The van der Waals surface area contributed by atoms with Crippen molar-refractivity contribution in [2.24, 2.45) is 5.73 Å². The molecule has 0 saturated carbocycles. The lowest BCUT2D eigenvalue weighted by Crippen LogP contribution is -2.51. The Morgan fingerprint density at radius 2 is 2.04 bits per heavy atom. The van der Waals surface area contributed by atoms with E-state index in [1.807, 2.05) is 0 Å². The number of nitrogens with one attached hydrogen (secondary N) is 3. The van der Waals surface area contributed by atoms with Crippen LogP contribution in [0.5, 0.6) is 0 Å². The predicted octanol–water partition coefficient (Wildman–Crippen LogP) is -0.365. The van der Waals surface area contributed by atoms with Crippen LogP contribution in [0.15, 0.2) is 24.3 Å². The van der Waals surface area contributed by atoms with Crippen LogP contribution in [0.25, 0.3) is 0 Å². The van der Waals surface area contributed by atoms with E-state index in [0.717, 1.165) is 5.69 Å². The fourth-order valence-electron chi connectivity index (χ4n) is 2.35. The number of anilines is 2. The fraction of sp³-hybridized carbons (Fsp3) is 0.438. The van der Waals surface area contributed by atoms with Gasteiger partial charge in [0.05, 0.1) is 6.61 Å². The van der Waals surface area contributed by atoms with E-state index in [1.54, 1.807) is 36.1 Å². The van der Waals surface area contributed by atoms with Crippen molar-refractivity contribution < 1.29 is 19.1 Å². The molecule has 1 saturated heterocycles. The molecule has 1 aliphatic heterocycles. The van der Waals surface area contributed by atoms with Crippen molar-refractivity contribution in [1.29, 1.82) is 0 Å². The summed E-state index contributed by atoms with van der Waals surface area (Å²) in [5.41, 5.74) is 6.83. The smallest absolute Gasteiger partial charge is 0.315 e. The first kappa shape index (κ1) is 18.7. The van der Waals surface area contributed by atoms with E-state index in [0.29, 0.717) is 25.4 Å². The van der Waals surface area contributed by atoms with Crippen LogP contribution in [0.3, 0.4) is 0 Å². The van der Waals surface area contributed by atoms with Crippen LogP contribution < -0.4 is 26.6 Å². The largest absolute Gasteiger partial charge is 0.370 e. The minimum atomic E-state index is -0.841. The summed E-state index contributed by atoms with van der Waals surface area (Å²) < 4.78 is 5.10. The topological polar surface area (TPSA) is 126 Å². The van der Waals surface area contributed by atoms with Crippen LogP contribution in [0.2, 0.25) is 0 Å². The Morgan fingerprint density at radius 3 is 2.64 bits per heavy atom. The number of nitrogens with two attached hydrogens (primary N) is 1. The lowest BCUT2D eigenvalue weighted by molar-refractivity contribution is -0.125. The monoisotopic (exact) mass is 349 g/mol. The molecule has 0 bridgehead atoms. The maximum Gasteiger partial charge on any atom is 0.315 e. The van der Waals surface area contributed by atoms with Gasteiger partial charge in [0.25, 0.3) is 5.91 Å². The quantitative estimate of drug-likeness (QED) is 0.558. The van der Waals surface area contributed by atoms with Gasteiger partial charge in [0.1, 0.15) is 12.6 Å². The van der Waals surface area contributed by atoms with Crippen LogP contribution in [0.1, 0.15) is 6.92 Å². The molecule has 4 amide bonds. The third-order valence-corrected chi connectivity index (χ3v) is 3.63. The zero-order chi connectivity index (χ0) is 18.2. The molecule has 1 aromatic rings. The number of carbonyl (C=O) groups is 3. The molecule has 0 spiro atoms. The first-order chi connectivity index (χ1) is 12.0. The lowest BCUT2D eigenvalue weighted by Gasteiger charge is -2.27. The number of benzene rings is 1. The summed E-state index contributed by atoms with van der Waals surface area (Å²) in [4.78, 5) is 37.2. The van der Waals surface area contributed by atoms with E-state index in [9.17, 15) is 14.4 Å². The molecule has 1 fully saturated rings. The van der Waals surface area contributed by atoms with E-state index in [1.165, 1.54) is 0 Å². The van der Waals surface area contributed by atoms with E-state index >= 15 is 0 Å². The van der Waals surface area contributed by atoms with Crippen molar-refractivity contribution in [2.45, 2.75) is 13.0 Å².